The van der Waals surface area contributed by atoms with Gasteiger partial charge in [0.25, 0.3) is 5.91 Å². The van der Waals surface area contributed by atoms with Crippen LogP contribution in [0.3, 0.4) is 0 Å². The Morgan fingerprint density at radius 1 is 1.12 bits per heavy atom. The van der Waals surface area contributed by atoms with Gasteiger partial charge in [-0.15, -0.1) is 0 Å². The molecule has 0 spiro atoms. The van der Waals surface area contributed by atoms with Crippen LogP contribution in [0.2, 0.25) is 0 Å². The van der Waals surface area contributed by atoms with Gasteiger partial charge in [-0.1, -0.05) is 18.2 Å². The number of alkyl halides is 3. The van der Waals surface area contributed by atoms with E-state index in [0.717, 1.165) is 6.07 Å². The highest BCUT2D eigenvalue weighted by Gasteiger charge is 2.33. The predicted molar refractivity (Wildman–Crippen MR) is 79.8 cm³/mol. The van der Waals surface area contributed by atoms with Gasteiger partial charge >= 0.3 is 6.18 Å². The molecule has 0 aromatic heterocycles. The zero-order valence-electron chi connectivity index (χ0n) is 12.8. The van der Waals surface area contributed by atoms with Crippen LogP contribution in [0, 0.1) is 0 Å². The quantitative estimate of drug-likeness (QED) is 0.857. The molecule has 0 fully saturated rings. The molecule has 1 aliphatic rings. The minimum atomic E-state index is -4.46. The molecule has 126 valence electrons. The monoisotopic (exact) mass is 337 g/mol. The Labute approximate surface area is 136 Å². The van der Waals surface area contributed by atoms with E-state index in [1.807, 2.05) is 0 Å². The molecule has 2 aromatic rings. The van der Waals surface area contributed by atoms with Gasteiger partial charge in [0.05, 0.1) is 5.56 Å². The third kappa shape index (κ3) is 3.15. The maximum absolute atomic E-state index is 13.0. The third-order valence-electron chi connectivity index (χ3n) is 3.70. The Balaban J connectivity index is 1.80. The summed E-state index contributed by atoms with van der Waals surface area (Å²) in [5.41, 5.74) is -0.372. The molecule has 0 unspecified atom stereocenters. The summed E-state index contributed by atoms with van der Waals surface area (Å²) in [6.07, 6.45) is -4.46. The highest BCUT2D eigenvalue weighted by Crippen LogP contribution is 2.34. The molecule has 0 aliphatic carbocycles. The molecule has 1 amide bonds. The summed E-state index contributed by atoms with van der Waals surface area (Å²) >= 11 is 0. The molecule has 24 heavy (non-hydrogen) atoms. The van der Waals surface area contributed by atoms with Crippen molar-refractivity contribution in [2.45, 2.75) is 12.7 Å². The zero-order valence-corrected chi connectivity index (χ0v) is 12.8. The van der Waals surface area contributed by atoms with E-state index in [0.29, 0.717) is 17.1 Å². The van der Waals surface area contributed by atoms with Crippen LogP contribution in [0.1, 0.15) is 21.5 Å². The lowest BCUT2D eigenvalue weighted by molar-refractivity contribution is -0.138. The van der Waals surface area contributed by atoms with Crippen LogP contribution < -0.4 is 9.47 Å². The minimum absolute atomic E-state index is 0.0431. The lowest BCUT2D eigenvalue weighted by atomic mass is 10.1. The average molecular weight is 337 g/mol. The molecule has 0 saturated heterocycles. The van der Waals surface area contributed by atoms with Crippen LogP contribution in [0.15, 0.2) is 42.5 Å². The molecule has 2 aromatic carbocycles. The number of hydrogen-bond donors (Lipinski definition) is 0. The van der Waals surface area contributed by atoms with Gasteiger partial charge in [0.2, 0.25) is 6.79 Å². The van der Waals surface area contributed by atoms with Gasteiger partial charge in [0.1, 0.15) is 0 Å². The van der Waals surface area contributed by atoms with Gasteiger partial charge in [0.15, 0.2) is 11.5 Å². The molecule has 0 N–H and O–H groups in total. The first-order valence-corrected chi connectivity index (χ1v) is 7.16. The fourth-order valence-electron chi connectivity index (χ4n) is 2.51. The van der Waals surface area contributed by atoms with Gasteiger partial charge in [-0.25, -0.2) is 0 Å². The van der Waals surface area contributed by atoms with Crippen molar-refractivity contribution in [3.05, 3.63) is 59.2 Å². The SMILES string of the molecule is CN(Cc1ccccc1C(F)(F)F)C(=O)c1ccc2c(c1)OCO2. The van der Waals surface area contributed by atoms with E-state index in [2.05, 4.69) is 0 Å². The number of nitrogens with zero attached hydrogens (tertiary/aromatic N) is 1. The van der Waals surface area contributed by atoms with Gasteiger partial charge in [0, 0.05) is 19.2 Å². The van der Waals surface area contributed by atoms with E-state index in [4.69, 9.17) is 9.47 Å². The average Bonchev–Trinajstić information content (AvgIpc) is 3.01. The summed E-state index contributed by atoms with van der Waals surface area (Å²) in [4.78, 5) is 13.7. The number of hydrogen-bond acceptors (Lipinski definition) is 3. The first kappa shape index (κ1) is 16.2. The molecule has 7 heteroatoms. The molecule has 3 rings (SSSR count). The van der Waals surface area contributed by atoms with E-state index in [9.17, 15) is 18.0 Å². The highest BCUT2D eigenvalue weighted by molar-refractivity contribution is 5.94. The van der Waals surface area contributed by atoms with Crippen LogP contribution in [0.4, 0.5) is 13.2 Å². The summed E-state index contributed by atoms with van der Waals surface area (Å²) < 4.78 is 49.5. The topological polar surface area (TPSA) is 38.8 Å². The predicted octanol–water partition coefficient (Wildman–Crippen LogP) is 3.71. The number of rotatable bonds is 3. The summed E-state index contributed by atoms with van der Waals surface area (Å²) in [5.74, 6) is 0.590. The first-order valence-electron chi connectivity index (χ1n) is 7.16. The zero-order chi connectivity index (χ0) is 17.3. The molecule has 1 heterocycles. The molecule has 0 radical (unpaired) electrons. The molecular formula is C17H14F3NO3. The van der Waals surface area contributed by atoms with Crippen molar-refractivity contribution in [2.75, 3.05) is 13.8 Å². The van der Waals surface area contributed by atoms with E-state index in [1.165, 1.54) is 36.2 Å². The van der Waals surface area contributed by atoms with Crippen molar-refractivity contribution in [2.24, 2.45) is 0 Å². The van der Waals surface area contributed by atoms with Crippen LogP contribution in [0.5, 0.6) is 11.5 Å². The van der Waals surface area contributed by atoms with Crippen LogP contribution in [0.25, 0.3) is 0 Å². The van der Waals surface area contributed by atoms with Crippen LogP contribution >= 0.6 is 0 Å². The normalized spacial score (nSPS) is 13.0. The summed E-state index contributed by atoms with van der Waals surface area (Å²) in [6, 6.07) is 9.90. The standard InChI is InChI=1S/C17H14F3NO3/c1-21(9-12-4-2-3-5-13(12)17(18,19)20)16(22)11-6-7-14-15(8-11)24-10-23-14/h2-8H,9-10H2,1H3. The molecule has 1 aliphatic heterocycles. The van der Waals surface area contributed by atoms with E-state index >= 15 is 0 Å². The summed E-state index contributed by atoms with van der Waals surface area (Å²) in [5, 5.41) is 0. The Kier molecular flexibility index (Phi) is 4.09. The largest absolute Gasteiger partial charge is 0.454 e. The third-order valence-corrected chi connectivity index (χ3v) is 3.70. The number of benzene rings is 2. The number of fused-ring (bicyclic) bond motifs is 1. The van der Waals surface area contributed by atoms with Gasteiger partial charge in [-0.05, 0) is 29.8 Å². The molecule has 0 bridgehead atoms. The Hall–Kier alpha value is -2.70. The van der Waals surface area contributed by atoms with Crippen molar-refractivity contribution < 1.29 is 27.4 Å². The summed E-state index contributed by atoms with van der Waals surface area (Å²) in [7, 11) is 1.46. The van der Waals surface area contributed by atoms with Gasteiger partial charge in [-0.3, -0.25) is 4.79 Å². The highest BCUT2D eigenvalue weighted by atomic mass is 19.4. The lowest BCUT2D eigenvalue weighted by Gasteiger charge is -2.20. The van der Waals surface area contributed by atoms with Crippen LogP contribution in [-0.2, 0) is 12.7 Å². The molecular weight excluding hydrogens is 323 g/mol. The first-order chi connectivity index (χ1) is 11.4. The van der Waals surface area contributed by atoms with Crippen molar-refractivity contribution in [3.63, 3.8) is 0 Å². The maximum Gasteiger partial charge on any atom is 0.416 e. The van der Waals surface area contributed by atoms with Crippen molar-refractivity contribution in [1.29, 1.82) is 0 Å². The Morgan fingerprint density at radius 2 is 1.83 bits per heavy atom. The Bertz CT molecular complexity index is 774. The smallest absolute Gasteiger partial charge is 0.416 e. The van der Waals surface area contributed by atoms with E-state index in [-0.39, 0.29) is 18.9 Å². The van der Waals surface area contributed by atoms with Gasteiger partial charge < -0.3 is 14.4 Å². The second-order valence-electron chi connectivity index (χ2n) is 5.38. The number of carbonyl (C=O) groups is 1. The minimum Gasteiger partial charge on any atom is -0.454 e. The van der Waals surface area contributed by atoms with Crippen LogP contribution in [-0.4, -0.2) is 24.6 Å². The molecule has 0 saturated carbocycles. The lowest BCUT2D eigenvalue weighted by Crippen LogP contribution is -2.27. The second-order valence-corrected chi connectivity index (χ2v) is 5.38. The second kappa shape index (κ2) is 6.07. The van der Waals surface area contributed by atoms with Crippen molar-refractivity contribution in [3.8, 4) is 11.5 Å². The van der Waals surface area contributed by atoms with Crippen molar-refractivity contribution >= 4 is 5.91 Å². The van der Waals surface area contributed by atoms with E-state index in [1.54, 1.807) is 12.1 Å². The number of halogens is 3. The Morgan fingerprint density at radius 3 is 2.58 bits per heavy atom. The molecule has 0 atom stereocenters. The summed E-state index contributed by atoms with van der Waals surface area (Å²) in [6.45, 7) is -0.0647. The number of amides is 1. The van der Waals surface area contributed by atoms with E-state index < -0.39 is 17.6 Å². The maximum atomic E-state index is 13.0. The number of carbonyl (C=O) groups excluding carboxylic acids is 1. The molecule has 4 nitrogen and oxygen atoms in total. The number of ether oxygens (including phenoxy) is 2. The van der Waals surface area contributed by atoms with Crippen molar-refractivity contribution in [1.82, 2.24) is 4.90 Å². The fraction of sp³-hybridized carbons (Fsp3) is 0.235. The van der Waals surface area contributed by atoms with Gasteiger partial charge in [-0.2, -0.15) is 13.2 Å². The fourth-order valence-corrected chi connectivity index (χ4v) is 2.51.